The summed E-state index contributed by atoms with van der Waals surface area (Å²) in [5.74, 6) is -0.275. The minimum absolute atomic E-state index is 0.130. The van der Waals surface area contributed by atoms with Crippen LogP contribution in [0.3, 0.4) is 0 Å². The molecule has 0 aliphatic rings. The van der Waals surface area contributed by atoms with Gasteiger partial charge in [0.05, 0.1) is 12.5 Å². The monoisotopic (exact) mass is 298 g/mol. The van der Waals surface area contributed by atoms with E-state index in [9.17, 15) is 9.59 Å². The second-order valence-electron chi connectivity index (χ2n) is 4.58. The molecule has 0 bridgehead atoms. The zero-order valence-electron chi connectivity index (χ0n) is 11.7. The first-order valence-corrected chi connectivity index (χ1v) is 8.44. The lowest BCUT2D eigenvalue weighted by molar-refractivity contribution is -0.139. The Morgan fingerprint density at radius 2 is 1.95 bits per heavy atom. The number of benzene rings is 1. The lowest BCUT2D eigenvalue weighted by Crippen LogP contribution is -2.42. The maximum absolute atomic E-state index is 11.6. The molecule has 0 saturated heterocycles. The van der Waals surface area contributed by atoms with E-state index in [2.05, 4.69) is 5.32 Å². The molecule has 0 spiro atoms. The van der Waals surface area contributed by atoms with Crippen LogP contribution in [0.1, 0.15) is 12.0 Å². The van der Waals surface area contributed by atoms with Crippen molar-refractivity contribution in [2.75, 3.05) is 18.3 Å². The van der Waals surface area contributed by atoms with Crippen LogP contribution in [0, 0.1) is 0 Å². The summed E-state index contributed by atoms with van der Waals surface area (Å²) in [5, 5.41) is 11.4. The number of aliphatic carboxylic acids is 1. The van der Waals surface area contributed by atoms with Gasteiger partial charge in [0.1, 0.15) is 18.4 Å². The highest BCUT2D eigenvalue weighted by atomic mass is 32.2. The Morgan fingerprint density at radius 1 is 1.30 bits per heavy atom. The van der Waals surface area contributed by atoms with Gasteiger partial charge in [0.15, 0.2) is 0 Å². The van der Waals surface area contributed by atoms with Crippen molar-refractivity contribution in [3.8, 4) is 0 Å². The number of rotatable bonds is 7. The fourth-order valence-corrected chi connectivity index (χ4v) is 2.23. The molecule has 1 rings (SSSR count). The third kappa shape index (κ3) is 6.47. The molecular formula is C14H20NO4S+. The van der Waals surface area contributed by atoms with Gasteiger partial charge >= 0.3 is 12.1 Å². The number of carboxylic acid groups (broad SMARTS) is 1. The Bertz CT molecular complexity index is 436. The van der Waals surface area contributed by atoms with E-state index in [1.807, 2.05) is 42.8 Å². The summed E-state index contributed by atoms with van der Waals surface area (Å²) in [6.07, 6.45) is 3.78. The molecular weight excluding hydrogens is 278 g/mol. The van der Waals surface area contributed by atoms with Crippen molar-refractivity contribution in [3.05, 3.63) is 35.9 Å². The molecule has 0 heterocycles. The van der Waals surface area contributed by atoms with Crippen molar-refractivity contribution in [2.24, 2.45) is 0 Å². The first-order chi connectivity index (χ1) is 9.49. The van der Waals surface area contributed by atoms with Crippen molar-refractivity contribution in [1.29, 1.82) is 0 Å². The number of amides is 1. The molecule has 0 aliphatic carbocycles. The summed E-state index contributed by atoms with van der Waals surface area (Å²) >= 11 is 0. The van der Waals surface area contributed by atoms with Crippen molar-refractivity contribution in [3.63, 3.8) is 0 Å². The molecule has 0 aromatic heterocycles. The van der Waals surface area contributed by atoms with Crippen LogP contribution >= 0.6 is 0 Å². The third-order valence-electron chi connectivity index (χ3n) is 2.62. The standard InChI is InChI=1S/C14H19NO4S/c1-20(2)9-8-12(13(16)17)15-14(18)19-10-11-6-4-3-5-7-11/h3-7,12H,8-10H2,1-2H3,(H-,15,16,17,18)/p+1. The fraction of sp³-hybridized carbons (Fsp3) is 0.429. The SMILES string of the molecule is C[S+](C)CCC(NC(=O)OCc1ccccc1)C(=O)O. The van der Waals surface area contributed by atoms with Gasteiger partial charge in [0.2, 0.25) is 0 Å². The lowest BCUT2D eigenvalue weighted by Gasteiger charge is -2.13. The first-order valence-electron chi connectivity index (χ1n) is 6.23. The fourth-order valence-electron chi connectivity index (χ4n) is 1.52. The van der Waals surface area contributed by atoms with E-state index in [-0.39, 0.29) is 17.5 Å². The number of hydrogen-bond acceptors (Lipinski definition) is 3. The zero-order chi connectivity index (χ0) is 15.0. The Kier molecular flexibility index (Phi) is 6.93. The summed E-state index contributed by atoms with van der Waals surface area (Å²) in [4.78, 5) is 22.6. The van der Waals surface area contributed by atoms with Crippen molar-refractivity contribution < 1.29 is 19.4 Å². The van der Waals surface area contributed by atoms with Crippen LogP contribution in [0.2, 0.25) is 0 Å². The minimum atomic E-state index is -1.04. The molecule has 5 nitrogen and oxygen atoms in total. The van der Waals surface area contributed by atoms with Gasteiger partial charge in [-0.25, -0.2) is 9.59 Å². The van der Waals surface area contributed by atoms with E-state index in [1.54, 1.807) is 0 Å². The molecule has 0 aliphatic heterocycles. The number of carbonyl (C=O) groups excluding carboxylic acids is 1. The molecule has 1 amide bonds. The van der Waals surface area contributed by atoms with Gasteiger partial charge in [-0.1, -0.05) is 30.3 Å². The molecule has 1 aromatic carbocycles. The van der Waals surface area contributed by atoms with Gasteiger partial charge in [0.25, 0.3) is 0 Å². The predicted octanol–water partition coefficient (Wildman–Crippen LogP) is 1.63. The van der Waals surface area contributed by atoms with Gasteiger partial charge in [-0.3, -0.25) is 0 Å². The van der Waals surface area contributed by atoms with Crippen LogP contribution in [0.5, 0.6) is 0 Å². The summed E-state index contributed by atoms with van der Waals surface area (Å²) in [7, 11) is 0.144. The summed E-state index contributed by atoms with van der Waals surface area (Å²) < 4.78 is 5.00. The molecule has 6 heteroatoms. The second-order valence-corrected chi connectivity index (χ2v) is 6.95. The number of carbonyl (C=O) groups is 2. The van der Waals surface area contributed by atoms with E-state index in [0.717, 1.165) is 11.3 Å². The average Bonchev–Trinajstić information content (AvgIpc) is 2.41. The van der Waals surface area contributed by atoms with E-state index < -0.39 is 18.1 Å². The van der Waals surface area contributed by atoms with Crippen molar-refractivity contribution in [1.82, 2.24) is 5.32 Å². The normalized spacial score (nSPS) is 11.9. The Balaban J connectivity index is 2.40. The molecule has 1 aromatic rings. The Morgan fingerprint density at radius 3 is 2.50 bits per heavy atom. The number of ether oxygens (including phenoxy) is 1. The number of hydrogen-bond donors (Lipinski definition) is 2. The Labute approximate surface area is 121 Å². The van der Waals surface area contributed by atoms with Crippen LogP contribution in [-0.4, -0.2) is 41.5 Å². The van der Waals surface area contributed by atoms with E-state index in [1.165, 1.54) is 0 Å². The van der Waals surface area contributed by atoms with Crippen molar-refractivity contribution in [2.45, 2.75) is 19.1 Å². The maximum Gasteiger partial charge on any atom is 0.408 e. The van der Waals surface area contributed by atoms with E-state index in [0.29, 0.717) is 6.42 Å². The predicted molar refractivity (Wildman–Crippen MR) is 79.9 cm³/mol. The average molecular weight is 298 g/mol. The van der Waals surface area contributed by atoms with Crippen LogP contribution in [-0.2, 0) is 27.0 Å². The van der Waals surface area contributed by atoms with E-state index >= 15 is 0 Å². The summed E-state index contributed by atoms with van der Waals surface area (Å²) in [6, 6.07) is 8.34. The smallest absolute Gasteiger partial charge is 0.408 e. The van der Waals surface area contributed by atoms with Crippen LogP contribution in [0.4, 0.5) is 4.79 Å². The first kappa shape index (κ1) is 16.4. The highest BCUT2D eigenvalue weighted by molar-refractivity contribution is 7.95. The lowest BCUT2D eigenvalue weighted by atomic mass is 10.2. The van der Waals surface area contributed by atoms with Gasteiger partial charge in [-0.15, -0.1) is 0 Å². The quantitative estimate of drug-likeness (QED) is 0.750. The van der Waals surface area contributed by atoms with E-state index in [4.69, 9.17) is 9.84 Å². The zero-order valence-corrected chi connectivity index (χ0v) is 12.5. The Hall–Kier alpha value is -1.69. The number of alkyl carbamates (subject to hydrolysis) is 1. The van der Waals surface area contributed by atoms with Gasteiger partial charge < -0.3 is 15.2 Å². The maximum atomic E-state index is 11.6. The van der Waals surface area contributed by atoms with Gasteiger partial charge in [0, 0.05) is 6.42 Å². The minimum Gasteiger partial charge on any atom is -0.480 e. The van der Waals surface area contributed by atoms with Gasteiger partial charge in [-0.05, 0) is 16.5 Å². The summed E-state index contributed by atoms with van der Waals surface area (Å²) in [5.41, 5.74) is 0.859. The van der Waals surface area contributed by atoms with Crippen LogP contribution in [0.25, 0.3) is 0 Å². The molecule has 20 heavy (non-hydrogen) atoms. The van der Waals surface area contributed by atoms with Gasteiger partial charge in [-0.2, -0.15) is 0 Å². The topological polar surface area (TPSA) is 75.6 Å². The molecule has 1 unspecified atom stereocenters. The molecule has 1 atom stereocenters. The largest absolute Gasteiger partial charge is 0.480 e. The van der Waals surface area contributed by atoms with Crippen LogP contribution in [0.15, 0.2) is 30.3 Å². The highest BCUT2D eigenvalue weighted by Gasteiger charge is 2.22. The number of nitrogens with one attached hydrogen (secondary N) is 1. The molecule has 0 radical (unpaired) electrons. The van der Waals surface area contributed by atoms with Crippen molar-refractivity contribution >= 4 is 23.0 Å². The molecule has 2 N–H and O–H groups in total. The molecule has 0 saturated carbocycles. The summed E-state index contributed by atoms with van der Waals surface area (Å²) in [6.45, 7) is 0.130. The molecule has 0 fully saturated rings. The highest BCUT2D eigenvalue weighted by Crippen LogP contribution is 2.02. The second kappa shape index (κ2) is 8.47. The molecule has 110 valence electrons. The van der Waals surface area contributed by atoms with Crippen LogP contribution < -0.4 is 5.32 Å². The number of carboxylic acids is 1. The third-order valence-corrected chi connectivity index (χ3v) is 3.67.